The zero-order valence-electron chi connectivity index (χ0n) is 12.3. The van der Waals surface area contributed by atoms with E-state index in [4.69, 9.17) is 0 Å². The van der Waals surface area contributed by atoms with Gasteiger partial charge in [-0.25, -0.2) is 0 Å². The van der Waals surface area contributed by atoms with Crippen LogP contribution in [0.25, 0.3) is 0 Å². The Morgan fingerprint density at radius 3 is 2.42 bits per heavy atom. The first-order valence-electron chi connectivity index (χ1n) is 7.76. The van der Waals surface area contributed by atoms with Gasteiger partial charge in [0.15, 0.2) is 0 Å². The molecule has 2 aliphatic heterocycles. The normalized spacial score (nSPS) is 23.7. The lowest BCUT2D eigenvalue weighted by atomic mass is 9.77. The minimum absolute atomic E-state index is 0.303. The van der Waals surface area contributed by atoms with Gasteiger partial charge in [-0.1, -0.05) is 23.8 Å². The zero-order valence-corrected chi connectivity index (χ0v) is 12.3. The van der Waals surface area contributed by atoms with Gasteiger partial charge in [-0.15, -0.1) is 0 Å². The summed E-state index contributed by atoms with van der Waals surface area (Å²) in [6, 6.07) is 7.00. The van der Waals surface area contributed by atoms with Crippen LogP contribution in [0.2, 0.25) is 0 Å². The standard InChI is InChI=1S/C17H26N2/c1-14-5-6-15(2)16(13-14)17(7-9-18-10-8-17)19-11-3-4-12-19/h5-6,13,18H,3-4,7-12H2,1-2H3. The second-order valence-electron chi connectivity index (χ2n) is 6.29. The van der Waals surface area contributed by atoms with E-state index >= 15 is 0 Å². The van der Waals surface area contributed by atoms with Crippen molar-refractivity contribution in [1.29, 1.82) is 0 Å². The fourth-order valence-corrected chi connectivity index (χ4v) is 3.98. The van der Waals surface area contributed by atoms with Crippen molar-refractivity contribution in [2.75, 3.05) is 26.2 Å². The number of piperidine rings is 1. The Balaban J connectivity index is 2.04. The van der Waals surface area contributed by atoms with E-state index in [1.54, 1.807) is 5.56 Å². The van der Waals surface area contributed by atoms with Crippen LogP contribution in [0.3, 0.4) is 0 Å². The molecule has 3 rings (SSSR count). The van der Waals surface area contributed by atoms with Crippen molar-refractivity contribution in [1.82, 2.24) is 10.2 Å². The molecule has 2 fully saturated rings. The first-order valence-corrected chi connectivity index (χ1v) is 7.76. The Morgan fingerprint density at radius 1 is 1.05 bits per heavy atom. The van der Waals surface area contributed by atoms with E-state index in [2.05, 4.69) is 42.3 Å². The third kappa shape index (κ3) is 2.32. The largest absolute Gasteiger partial charge is 0.317 e. The molecule has 0 unspecified atom stereocenters. The van der Waals surface area contributed by atoms with Crippen LogP contribution in [0.1, 0.15) is 42.4 Å². The first kappa shape index (κ1) is 13.1. The molecule has 0 radical (unpaired) electrons. The third-order valence-electron chi connectivity index (χ3n) is 5.04. The molecule has 0 aromatic heterocycles. The van der Waals surface area contributed by atoms with Crippen LogP contribution in [0.4, 0.5) is 0 Å². The molecule has 2 heterocycles. The number of aryl methyl sites for hydroxylation is 2. The van der Waals surface area contributed by atoms with Gasteiger partial charge in [0.05, 0.1) is 0 Å². The molecule has 2 saturated heterocycles. The molecule has 104 valence electrons. The highest BCUT2D eigenvalue weighted by Crippen LogP contribution is 2.41. The van der Waals surface area contributed by atoms with Crippen molar-refractivity contribution in [2.45, 2.75) is 45.1 Å². The Bertz CT molecular complexity index is 441. The maximum Gasteiger partial charge on any atom is 0.0487 e. The molecule has 1 N–H and O–H groups in total. The number of benzene rings is 1. The van der Waals surface area contributed by atoms with E-state index in [1.807, 2.05) is 0 Å². The van der Waals surface area contributed by atoms with Crippen LogP contribution in [0, 0.1) is 13.8 Å². The minimum atomic E-state index is 0.303. The molecule has 0 spiro atoms. The van der Waals surface area contributed by atoms with E-state index in [1.165, 1.54) is 49.9 Å². The van der Waals surface area contributed by atoms with Crippen molar-refractivity contribution in [3.8, 4) is 0 Å². The molecule has 0 atom stereocenters. The number of nitrogens with zero attached hydrogens (tertiary/aromatic N) is 1. The maximum absolute atomic E-state index is 3.54. The molecule has 0 amide bonds. The first-order chi connectivity index (χ1) is 9.22. The van der Waals surface area contributed by atoms with Crippen LogP contribution < -0.4 is 5.32 Å². The Morgan fingerprint density at radius 2 is 1.74 bits per heavy atom. The molecule has 2 nitrogen and oxygen atoms in total. The van der Waals surface area contributed by atoms with Gasteiger partial charge >= 0.3 is 0 Å². The maximum atomic E-state index is 3.54. The highest BCUT2D eigenvalue weighted by molar-refractivity contribution is 5.37. The van der Waals surface area contributed by atoms with Gasteiger partial charge in [-0.2, -0.15) is 0 Å². The summed E-state index contributed by atoms with van der Waals surface area (Å²) in [6.07, 6.45) is 5.27. The van der Waals surface area contributed by atoms with Crippen molar-refractivity contribution in [3.05, 3.63) is 34.9 Å². The molecule has 2 aliphatic rings. The summed E-state index contributed by atoms with van der Waals surface area (Å²) in [6.45, 7) is 9.39. The predicted molar refractivity (Wildman–Crippen MR) is 80.5 cm³/mol. The van der Waals surface area contributed by atoms with Crippen LogP contribution in [-0.2, 0) is 5.54 Å². The van der Waals surface area contributed by atoms with E-state index in [0.29, 0.717) is 5.54 Å². The van der Waals surface area contributed by atoms with Gasteiger partial charge in [0, 0.05) is 5.54 Å². The number of hydrogen-bond acceptors (Lipinski definition) is 2. The summed E-state index contributed by atoms with van der Waals surface area (Å²) >= 11 is 0. The summed E-state index contributed by atoms with van der Waals surface area (Å²) < 4.78 is 0. The lowest BCUT2D eigenvalue weighted by Gasteiger charge is -2.46. The van der Waals surface area contributed by atoms with Gasteiger partial charge in [0.25, 0.3) is 0 Å². The molecule has 0 saturated carbocycles. The van der Waals surface area contributed by atoms with Crippen molar-refractivity contribution in [3.63, 3.8) is 0 Å². The second kappa shape index (κ2) is 5.26. The van der Waals surface area contributed by atoms with Crippen LogP contribution in [0.15, 0.2) is 18.2 Å². The van der Waals surface area contributed by atoms with Crippen molar-refractivity contribution >= 4 is 0 Å². The summed E-state index contributed by atoms with van der Waals surface area (Å²) in [5.74, 6) is 0. The highest BCUT2D eigenvalue weighted by atomic mass is 15.2. The van der Waals surface area contributed by atoms with Crippen LogP contribution >= 0.6 is 0 Å². The van der Waals surface area contributed by atoms with Crippen molar-refractivity contribution < 1.29 is 0 Å². The third-order valence-corrected chi connectivity index (χ3v) is 5.04. The lowest BCUT2D eigenvalue weighted by molar-refractivity contribution is 0.0771. The van der Waals surface area contributed by atoms with Gasteiger partial charge in [0.1, 0.15) is 0 Å². The quantitative estimate of drug-likeness (QED) is 0.877. The zero-order chi connectivity index (χ0) is 13.3. The summed E-state index contributed by atoms with van der Waals surface area (Å²) in [7, 11) is 0. The Labute approximate surface area is 117 Å². The molecular weight excluding hydrogens is 232 g/mol. The van der Waals surface area contributed by atoms with E-state index in [9.17, 15) is 0 Å². The summed E-state index contributed by atoms with van der Waals surface area (Å²) in [5, 5.41) is 3.54. The summed E-state index contributed by atoms with van der Waals surface area (Å²) in [4.78, 5) is 2.77. The fourth-order valence-electron chi connectivity index (χ4n) is 3.98. The number of likely N-dealkylation sites (tertiary alicyclic amines) is 1. The monoisotopic (exact) mass is 258 g/mol. The molecule has 0 bridgehead atoms. The molecule has 2 heteroatoms. The minimum Gasteiger partial charge on any atom is -0.317 e. The van der Waals surface area contributed by atoms with Gasteiger partial charge in [0.2, 0.25) is 0 Å². The van der Waals surface area contributed by atoms with E-state index in [-0.39, 0.29) is 0 Å². The predicted octanol–water partition coefficient (Wildman–Crippen LogP) is 2.98. The fraction of sp³-hybridized carbons (Fsp3) is 0.647. The molecule has 19 heavy (non-hydrogen) atoms. The van der Waals surface area contributed by atoms with E-state index in [0.717, 1.165) is 13.1 Å². The molecule has 0 aliphatic carbocycles. The number of hydrogen-bond donors (Lipinski definition) is 1. The van der Waals surface area contributed by atoms with Crippen molar-refractivity contribution in [2.24, 2.45) is 0 Å². The average molecular weight is 258 g/mol. The van der Waals surface area contributed by atoms with Gasteiger partial charge in [-0.3, -0.25) is 4.90 Å². The Kier molecular flexibility index (Phi) is 3.64. The lowest BCUT2D eigenvalue weighted by Crippen LogP contribution is -2.51. The van der Waals surface area contributed by atoms with Crippen LogP contribution in [-0.4, -0.2) is 31.1 Å². The molecule has 1 aromatic carbocycles. The average Bonchev–Trinajstić information content (AvgIpc) is 2.97. The second-order valence-corrected chi connectivity index (χ2v) is 6.29. The SMILES string of the molecule is Cc1ccc(C)c(C2(N3CCCC3)CCNCC2)c1. The highest BCUT2D eigenvalue weighted by Gasteiger charge is 2.41. The van der Waals surface area contributed by atoms with E-state index < -0.39 is 0 Å². The smallest absolute Gasteiger partial charge is 0.0487 e. The van der Waals surface area contributed by atoms with Gasteiger partial charge < -0.3 is 5.32 Å². The topological polar surface area (TPSA) is 15.3 Å². The van der Waals surface area contributed by atoms with Gasteiger partial charge in [-0.05, 0) is 76.8 Å². The number of nitrogens with one attached hydrogen (secondary N) is 1. The molecule has 1 aromatic rings. The Hall–Kier alpha value is -0.860. The summed E-state index contributed by atoms with van der Waals surface area (Å²) in [5.41, 5.74) is 4.77. The van der Waals surface area contributed by atoms with Crippen LogP contribution in [0.5, 0.6) is 0 Å². The number of rotatable bonds is 2. The molecular formula is C17H26N2.